The van der Waals surface area contributed by atoms with Crippen molar-refractivity contribution in [1.29, 1.82) is 0 Å². The van der Waals surface area contributed by atoms with Crippen LogP contribution < -0.4 is 10.5 Å². The number of hydrogen-bond acceptors (Lipinski definition) is 6. The van der Waals surface area contributed by atoms with Crippen LogP contribution in [0.2, 0.25) is 0 Å². The molecule has 2 rings (SSSR count). The molecule has 0 aliphatic carbocycles. The van der Waals surface area contributed by atoms with E-state index in [2.05, 4.69) is 0 Å². The number of nitro benzene ring substituents is 1. The molecule has 1 atom stereocenters. The minimum atomic E-state index is -3.98. The molecule has 1 aliphatic heterocycles. The molecule has 1 saturated heterocycles. The molecular formula is C14H21N3O5S. The van der Waals surface area contributed by atoms with E-state index >= 15 is 0 Å². The molecule has 9 heteroatoms. The maximum absolute atomic E-state index is 12.8. The monoisotopic (exact) mass is 343 g/mol. The second-order valence-electron chi connectivity index (χ2n) is 6.31. The first-order valence-corrected chi connectivity index (χ1v) is 8.62. The van der Waals surface area contributed by atoms with Gasteiger partial charge in [-0.05, 0) is 24.0 Å². The van der Waals surface area contributed by atoms with Gasteiger partial charge in [0.05, 0.1) is 18.1 Å². The van der Waals surface area contributed by atoms with Gasteiger partial charge in [0, 0.05) is 19.1 Å². The molecule has 0 bridgehead atoms. The highest BCUT2D eigenvalue weighted by molar-refractivity contribution is 7.89. The van der Waals surface area contributed by atoms with Crippen molar-refractivity contribution in [1.82, 2.24) is 4.31 Å². The summed E-state index contributed by atoms with van der Waals surface area (Å²) in [6.45, 7) is 4.25. The highest BCUT2D eigenvalue weighted by Gasteiger charge is 2.40. The maximum atomic E-state index is 12.8. The van der Waals surface area contributed by atoms with E-state index in [0.29, 0.717) is 6.42 Å². The normalized spacial score (nSPS) is 21.8. The van der Waals surface area contributed by atoms with Crippen LogP contribution in [0.4, 0.5) is 5.69 Å². The highest BCUT2D eigenvalue weighted by atomic mass is 32.2. The Morgan fingerprint density at radius 2 is 2.09 bits per heavy atom. The lowest BCUT2D eigenvalue weighted by Crippen LogP contribution is -2.53. The van der Waals surface area contributed by atoms with Gasteiger partial charge < -0.3 is 10.5 Å². The maximum Gasteiger partial charge on any atom is 0.293 e. The second kappa shape index (κ2) is 6.06. The number of sulfonamides is 1. The van der Waals surface area contributed by atoms with Gasteiger partial charge in [0.2, 0.25) is 10.0 Å². The molecule has 1 fully saturated rings. The van der Waals surface area contributed by atoms with Crippen molar-refractivity contribution in [3.8, 4) is 5.75 Å². The molecule has 1 aliphatic rings. The summed E-state index contributed by atoms with van der Waals surface area (Å²) in [6.07, 6.45) is 0.510. The molecule has 0 amide bonds. The number of methoxy groups -OCH3 is 1. The van der Waals surface area contributed by atoms with E-state index in [1.54, 1.807) is 0 Å². The van der Waals surface area contributed by atoms with E-state index in [0.717, 1.165) is 6.07 Å². The molecular weight excluding hydrogens is 322 g/mol. The predicted molar refractivity (Wildman–Crippen MR) is 84.8 cm³/mol. The van der Waals surface area contributed by atoms with Gasteiger partial charge in [-0.2, -0.15) is 4.31 Å². The van der Waals surface area contributed by atoms with E-state index in [4.69, 9.17) is 10.5 Å². The van der Waals surface area contributed by atoms with Gasteiger partial charge in [-0.1, -0.05) is 13.8 Å². The first-order valence-electron chi connectivity index (χ1n) is 7.18. The minimum absolute atomic E-state index is 0.111. The summed E-state index contributed by atoms with van der Waals surface area (Å²) in [5.41, 5.74) is 5.14. The Hall–Kier alpha value is -1.71. The molecule has 23 heavy (non-hydrogen) atoms. The fourth-order valence-corrected chi connectivity index (χ4v) is 4.42. The fourth-order valence-electron chi connectivity index (χ4n) is 2.65. The SMILES string of the molecule is COc1ccc(S(=O)(=O)N2CCC(N)C(C)(C)C2)c([N+](=O)[O-])c1. The molecule has 1 heterocycles. The summed E-state index contributed by atoms with van der Waals surface area (Å²) in [6, 6.07) is 3.63. The first-order chi connectivity index (χ1) is 10.6. The molecule has 0 aromatic heterocycles. The van der Waals surface area contributed by atoms with Gasteiger partial charge in [0.25, 0.3) is 5.69 Å². The van der Waals surface area contributed by atoms with Crippen LogP contribution in [-0.2, 0) is 10.0 Å². The van der Waals surface area contributed by atoms with Crippen molar-refractivity contribution in [2.45, 2.75) is 31.2 Å². The molecule has 1 aromatic rings. The standard InChI is InChI=1S/C14H21N3O5S/c1-14(2)9-16(7-6-13(14)15)23(20,21)12-5-4-10(22-3)8-11(12)17(18)19/h4-5,8,13H,6-7,9,15H2,1-3H3. The zero-order valence-corrected chi connectivity index (χ0v) is 14.2. The lowest BCUT2D eigenvalue weighted by Gasteiger charge is -2.41. The zero-order valence-electron chi connectivity index (χ0n) is 13.4. The topological polar surface area (TPSA) is 116 Å². The van der Waals surface area contributed by atoms with Crippen LogP contribution in [0.3, 0.4) is 0 Å². The highest BCUT2D eigenvalue weighted by Crippen LogP contribution is 2.35. The lowest BCUT2D eigenvalue weighted by molar-refractivity contribution is -0.387. The van der Waals surface area contributed by atoms with Crippen LogP contribution in [0.1, 0.15) is 20.3 Å². The van der Waals surface area contributed by atoms with Crippen LogP contribution in [-0.4, -0.2) is 43.9 Å². The fraction of sp³-hybridized carbons (Fsp3) is 0.571. The first kappa shape index (κ1) is 17.6. The van der Waals surface area contributed by atoms with Gasteiger partial charge >= 0.3 is 0 Å². The van der Waals surface area contributed by atoms with Gasteiger partial charge in [0.1, 0.15) is 5.75 Å². The molecule has 128 valence electrons. The van der Waals surface area contributed by atoms with Crippen LogP contribution in [0.15, 0.2) is 23.1 Å². The summed E-state index contributed by atoms with van der Waals surface area (Å²) in [5.74, 6) is 0.233. The molecule has 0 spiro atoms. The number of hydrogen-bond donors (Lipinski definition) is 1. The van der Waals surface area contributed by atoms with Gasteiger partial charge in [-0.25, -0.2) is 8.42 Å². The number of benzene rings is 1. The average molecular weight is 343 g/mol. The van der Waals surface area contributed by atoms with Crippen LogP contribution in [0.25, 0.3) is 0 Å². The third kappa shape index (κ3) is 3.31. The van der Waals surface area contributed by atoms with Crippen LogP contribution in [0.5, 0.6) is 5.75 Å². The van der Waals surface area contributed by atoms with Gasteiger partial charge in [-0.3, -0.25) is 10.1 Å². The van der Waals surface area contributed by atoms with Crippen molar-refractivity contribution < 1.29 is 18.1 Å². The van der Waals surface area contributed by atoms with Gasteiger partial charge in [-0.15, -0.1) is 0 Å². The van der Waals surface area contributed by atoms with Crippen molar-refractivity contribution in [3.63, 3.8) is 0 Å². The Labute approximate surface area is 135 Å². The Balaban J connectivity index is 2.46. The molecule has 1 unspecified atom stereocenters. The molecule has 8 nitrogen and oxygen atoms in total. The molecule has 1 aromatic carbocycles. The van der Waals surface area contributed by atoms with Gasteiger partial charge in [0.15, 0.2) is 4.90 Å². The zero-order chi connectivity index (χ0) is 17.4. The molecule has 0 radical (unpaired) electrons. The summed E-state index contributed by atoms with van der Waals surface area (Å²) < 4.78 is 31.9. The second-order valence-corrected chi connectivity index (χ2v) is 8.22. The van der Waals surface area contributed by atoms with Crippen LogP contribution >= 0.6 is 0 Å². The summed E-state index contributed by atoms with van der Waals surface area (Å²) in [7, 11) is -2.61. The molecule has 0 saturated carbocycles. The summed E-state index contributed by atoms with van der Waals surface area (Å²) in [5, 5.41) is 11.2. The molecule has 2 N–H and O–H groups in total. The van der Waals surface area contributed by atoms with E-state index in [1.165, 1.54) is 23.5 Å². The Kier molecular flexibility index (Phi) is 4.65. The van der Waals surface area contributed by atoms with E-state index in [9.17, 15) is 18.5 Å². The van der Waals surface area contributed by atoms with E-state index in [1.807, 2.05) is 13.8 Å². The summed E-state index contributed by atoms with van der Waals surface area (Å²) in [4.78, 5) is 10.2. The van der Waals surface area contributed by atoms with E-state index in [-0.39, 0.29) is 29.8 Å². The minimum Gasteiger partial charge on any atom is -0.497 e. The lowest BCUT2D eigenvalue weighted by atomic mass is 9.81. The predicted octanol–water partition coefficient (Wildman–Crippen LogP) is 1.35. The van der Waals surface area contributed by atoms with Crippen molar-refractivity contribution in [2.24, 2.45) is 11.1 Å². The third-order valence-corrected chi connectivity index (χ3v) is 6.15. The number of nitrogens with zero attached hydrogens (tertiary/aromatic N) is 2. The largest absolute Gasteiger partial charge is 0.497 e. The van der Waals surface area contributed by atoms with Crippen molar-refractivity contribution >= 4 is 15.7 Å². The van der Waals surface area contributed by atoms with Crippen molar-refractivity contribution in [3.05, 3.63) is 28.3 Å². The quantitative estimate of drug-likeness (QED) is 0.651. The Bertz CT molecular complexity index is 717. The van der Waals surface area contributed by atoms with E-state index < -0.39 is 26.0 Å². The number of piperidine rings is 1. The smallest absolute Gasteiger partial charge is 0.293 e. The van der Waals surface area contributed by atoms with Crippen LogP contribution in [0, 0.1) is 15.5 Å². The number of nitrogens with two attached hydrogens (primary N) is 1. The number of rotatable bonds is 4. The average Bonchev–Trinajstić information content (AvgIpc) is 2.49. The third-order valence-electron chi connectivity index (χ3n) is 4.26. The Morgan fingerprint density at radius 1 is 1.43 bits per heavy atom. The Morgan fingerprint density at radius 3 is 2.61 bits per heavy atom. The number of nitro groups is 1. The van der Waals surface area contributed by atoms with Crippen molar-refractivity contribution in [2.75, 3.05) is 20.2 Å². The summed E-state index contributed by atoms with van der Waals surface area (Å²) >= 11 is 0. The number of ether oxygens (including phenoxy) is 1.